The van der Waals surface area contributed by atoms with Crippen LogP contribution in [0.2, 0.25) is 0 Å². The first-order chi connectivity index (χ1) is 9.69. The van der Waals surface area contributed by atoms with Crippen LogP contribution >= 0.6 is 0 Å². The van der Waals surface area contributed by atoms with Crippen molar-refractivity contribution in [2.75, 3.05) is 19.0 Å². The number of methoxy groups -OCH3 is 1. The third-order valence-corrected chi connectivity index (χ3v) is 4.00. The summed E-state index contributed by atoms with van der Waals surface area (Å²) in [4.78, 5) is 0. The van der Waals surface area contributed by atoms with E-state index in [0.29, 0.717) is 0 Å². The lowest BCUT2D eigenvalue weighted by atomic mass is 9.94. The standard InChI is InChI=1S/C18H21NO/c1-12-9-13(2)18(17(10-12)20-3)15-7-6-14-5-4-8-19-16(14)11-15/h6-7,9-11,19H,4-5,8H2,1-3H3. The van der Waals surface area contributed by atoms with E-state index in [2.05, 4.69) is 49.5 Å². The van der Waals surface area contributed by atoms with Crippen molar-refractivity contribution in [2.45, 2.75) is 26.7 Å². The number of aryl methyl sites for hydroxylation is 3. The molecule has 0 fully saturated rings. The lowest BCUT2D eigenvalue weighted by Crippen LogP contribution is -2.11. The van der Waals surface area contributed by atoms with Crippen LogP contribution in [-0.2, 0) is 6.42 Å². The van der Waals surface area contributed by atoms with Gasteiger partial charge in [0.25, 0.3) is 0 Å². The van der Waals surface area contributed by atoms with Gasteiger partial charge in [-0.2, -0.15) is 0 Å². The second-order valence-electron chi connectivity index (χ2n) is 5.56. The summed E-state index contributed by atoms with van der Waals surface area (Å²) in [5.74, 6) is 0.957. The van der Waals surface area contributed by atoms with Crippen LogP contribution in [-0.4, -0.2) is 13.7 Å². The van der Waals surface area contributed by atoms with E-state index in [1.807, 2.05) is 0 Å². The molecule has 1 N–H and O–H groups in total. The van der Waals surface area contributed by atoms with E-state index < -0.39 is 0 Å². The second-order valence-corrected chi connectivity index (χ2v) is 5.56. The summed E-state index contributed by atoms with van der Waals surface area (Å²) in [7, 11) is 1.74. The maximum Gasteiger partial charge on any atom is 0.127 e. The van der Waals surface area contributed by atoms with E-state index in [1.165, 1.54) is 46.3 Å². The third kappa shape index (κ3) is 2.26. The molecule has 0 radical (unpaired) electrons. The van der Waals surface area contributed by atoms with Crippen molar-refractivity contribution >= 4 is 5.69 Å². The zero-order valence-electron chi connectivity index (χ0n) is 12.4. The van der Waals surface area contributed by atoms with Crippen molar-refractivity contribution in [1.82, 2.24) is 0 Å². The zero-order chi connectivity index (χ0) is 14.1. The molecule has 0 spiro atoms. The molecule has 0 unspecified atom stereocenters. The minimum atomic E-state index is 0.957. The molecule has 2 nitrogen and oxygen atoms in total. The van der Waals surface area contributed by atoms with E-state index in [0.717, 1.165) is 12.3 Å². The van der Waals surface area contributed by atoms with Crippen molar-refractivity contribution in [2.24, 2.45) is 0 Å². The minimum absolute atomic E-state index is 0.957. The Balaban J connectivity index is 2.13. The van der Waals surface area contributed by atoms with Gasteiger partial charge in [0.05, 0.1) is 7.11 Å². The molecule has 2 aromatic carbocycles. The second kappa shape index (κ2) is 5.20. The van der Waals surface area contributed by atoms with Crippen molar-refractivity contribution in [3.05, 3.63) is 47.0 Å². The molecule has 0 saturated carbocycles. The van der Waals surface area contributed by atoms with E-state index >= 15 is 0 Å². The van der Waals surface area contributed by atoms with Crippen LogP contribution in [0.4, 0.5) is 5.69 Å². The average Bonchev–Trinajstić information content (AvgIpc) is 2.46. The van der Waals surface area contributed by atoms with Crippen LogP contribution in [0.1, 0.15) is 23.1 Å². The first-order valence-electron chi connectivity index (χ1n) is 7.21. The Hall–Kier alpha value is -1.96. The molecule has 0 atom stereocenters. The van der Waals surface area contributed by atoms with Gasteiger partial charge >= 0.3 is 0 Å². The summed E-state index contributed by atoms with van der Waals surface area (Å²) in [5.41, 5.74) is 7.62. The number of hydrogen-bond acceptors (Lipinski definition) is 2. The van der Waals surface area contributed by atoms with Gasteiger partial charge in [-0.05, 0) is 61.1 Å². The summed E-state index contributed by atoms with van der Waals surface area (Å²) in [6.07, 6.45) is 2.39. The van der Waals surface area contributed by atoms with Crippen molar-refractivity contribution in [3.63, 3.8) is 0 Å². The van der Waals surface area contributed by atoms with E-state index in [1.54, 1.807) is 7.11 Å². The van der Waals surface area contributed by atoms with Gasteiger partial charge in [0.2, 0.25) is 0 Å². The average molecular weight is 267 g/mol. The molecule has 0 saturated heterocycles. The zero-order valence-corrected chi connectivity index (χ0v) is 12.4. The predicted octanol–water partition coefficient (Wildman–Crippen LogP) is 4.34. The Morgan fingerprint density at radius 2 is 1.95 bits per heavy atom. The Kier molecular flexibility index (Phi) is 3.39. The molecular formula is C18H21NO. The van der Waals surface area contributed by atoms with Gasteiger partial charge in [0.15, 0.2) is 0 Å². The highest BCUT2D eigenvalue weighted by atomic mass is 16.5. The van der Waals surface area contributed by atoms with Gasteiger partial charge in [-0.1, -0.05) is 18.2 Å². The quantitative estimate of drug-likeness (QED) is 0.874. The van der Waals surface area contributed by atoms with Gasteiger partial charge in [-0.15, -0.1) is 0 Å². The van der Waals surface area contributed by atoms with Crippen molar-refractivity contribution in [3.8, 4) is 16.9 Å². The van der Waals surface area contributed by atoms with Crippen LogP contribution in [0.5, 0.6) is 5.75 Å². The molecule has 20 heavy (non-hydrogen) atoms. The third-order valence-electron chi connectivity index (χ3n) is 4.00. The summed E-state index contributed by atoms with van der Waals surface area (Å²) in [6.45, 7) is 5.33. The van der Waals surface area contributed by atoms with Crippen LogP contribution in [0.3, 0.4) is 0 Å². The topological polar surface area (TPSA) is 21.3 Å². The molecule has 1 heterocycles. The van der Waals surface area contributed by atoms with Gasteiger partial charge in [-0.3, -0.25) is 0 Å². The van der Waals surface area contributed by atoms with Crippen LogP contribution < -0.4 is 10.1 Å². The maximum atomic E-state index is 5.59. The fourth-order valence-corrected chi connectivity index (χ4v) is 3.08. The molecule has 0 bridgehead atoms. The molecule has 0 amide bonds. The molecule has 2 aromatic rings. The highest BCUT2D eigenvalue weighted by molar-refractivity contribution is 5.78. The van der Waals surface area contributed by atoms with Crippen molar-refractivity contribution in [1.29, 1.82) is 0 Å². The maximum absolute atomic E-state index is 5.59. The van der Waals surface area contributed by atoms with Crippen LogP contribution in [0.25, 0.3) is 11.1 Å². The van der Waals surface area contributed by atoms with Gasteiger partial charge in [0.1, 0.15) is 5.75 Å². The summed E-state index contributed by atoms with van der Waals surface area (Å²) in [6, 6.07) is 11.0. The fourth-order valence-electron chi connectivity index (χ4n) is 3.08. The Labute approximate surface area is 120 Å². The smallest absolute Gasteiger partial charge is 0.127 e. The Bertz CT molecular complexity index is 646. The number of rotatable bonds is 2. The molecule has 3 rings (SSSR count). The molecule has 0 aliphatic carbocycles. The monoisotopic (exact) mass is 267 g/mol. The largest absolute Gasteiger partial charge is 0.496 e. The summed E-state index contributed by atoms with van der Waals surface area (Å²) in [5, 5.41) is 3.50. The molecular weight excluding hydrogens is 246 g/mol. The van der Waals surface area contributed by atoms with Crippen molar-refractivity contribution < 1.29 is 4.74 Å². The van der Waals surface area contributed by atoms with E-state index in [4.69, 9.17) is 4.74 Å². The molecule has 2 heteroatoms. The number of anilines is 1. The van der Waals surface area contributed by atoms with Gasteiger partial charge in [0, 0.05) is 17.8 Å². The lowest BCUT2D eigenvalue weighted by molar-refractivity contribution is 0.416. The minimum Gasteiger partial charge on any atom is -0.496 e. The van der Waals surface area contributed by atoms with Crippen LogP contribution in [0, 0.1) is 13.8 Å². The lowest BCUT2D eigenvalue weighted by Gasteiger charge is -2.20. The molecule has 104 valence electrons. The molecule has 1 aliphatic heterocycles. The summed E-state index contributed by atoms with van der Waals surface area (Å²) >= 11 is 0. The normalized spacial score (nSPS) is 13.6. The van der Waals surface area contributed by atoms with E-state index in [-0.39, 0.29) is 0 Å². The van der Waals surface area contributed by atoms with Gasteiger partial charge in [-0.25, -0.2) is 0 Å². The number of benzene rings is 2. The molecule has 0 aromatic heterocycles. The highest BCUT2D eigenvalue weighted by Crippen LogP contribution is 2.37. The van der Waals surface area contributed by atoms with E-state index in [9.17, 15) is 0 Å². The number of nitrogens with one attached hydrogen (secondary N) is 1. The first-order valence-corrected chi connectivity index (χ1v) is 7.21. The van der Waals surface area contributed by atoms with Crippen LogP contribution in [0.15, 0.2) is 30.3 Å². The SMILES string of the molecule is COc1cc(C)cc(C)c1-c1ccc2c(c1)NCCC2. The predicted molar refractivity (Wildman–Crippen MR) is 84.7 cm³/mol. The Morgan fingerprint density at radius 1 is 1.10 bits per heavy atom. The Morgan fingerprint density at radius 3 is 2.75 bits per heavy atom. The number of ether oxygens (including phenoxy) is 1. The number of hydrogen-bond donors (Lipinski definition) is 1. The highest BCUT2D eigenvalue weighted by Gasteiger charge is 2.14. The first kappa shape index (κ1) is 13.0. The fraction of sp³-hybridized carbons (Fsp3) is 0.333. The summed E-state index contributed by atoms with van der Waals surface area (Å²) < 4.78 is 5.59. The van der Waals surface area contributed by atoms with Gasteiger partial charge < -0.3 is 10.1 Å². The molecule has 1 aliphatic rings. The number of fused-ring (bicyclic) bond motifs is 1.